The number of halogens is 1. The van der Waals surface area contributed by atoms with Gasteiger partial charge in [-0.3, -0.25) is 0 Å². The number of nitrogens with zero attached hydrogens (tertiary/aromatic N) is 2. The molecule has 7 heteroatoms. The van der Waals surface area contributed by atoms with Crippen molar-refractivity contribution in [1.29, 1.82) is 0 Å². The van der Waals surface area contributed by atoms with E-state index in [4.69, 9.17) is 26.8 Å². The number of nitrogens with two attached hydrogens (primary N) is 1. The summed E-state index contributed by atoms with van der Waals surface area (Å²) >= 11 is 5.97. The van der Waals surface area contributed by atoms with Crippen molar-refractivity contribution in [2.24, 2.45) is 0 Å². The van der Waals surface area contributed by atoms with E-state index in [1.54, 1.807) is 38.5 Å². The lowest BCUT2D eigenvalue weighted by Crippen LogP contribution is -2.02. The number of anilines is 3. The molecular formula is C16H15ClN4O2. The third-order valence-electron chi connectivity index (χ3n) is 3.31. The van der Waals surface area contributed by atoms with Crippen molar-refractivity contribution >= 4 is 40.0 Å². The molecule has 0 saturated carbocycles. The van der Waals surface area contributed by atoms with Crippen LogP contribution in [0.5, 0.6) is 11.5 Å². The van der Waals surface area contributed by atoms with E-state index in [2.05, 4.69) is 15.3 Å². The van der Waals surface area contributed by atoms with E-state index in [0.29, 0.717) is 39.2 Å². The van der Waals surface area contributed by atoms with E-state index >= 15 is 0 Å². The highest BCUT2D eigenvalue weighted by molar-refractivity contribution is 6.30. The second-order valence-corrected chi connectivity index (χ2v) is 5.23. The van der Waals surface area contributed by atoms with Crippen molar-refractivity contribution < 1.29 is 9.47 Å². The number of nitrogen functional groups attached to an aromatic ring is 1. The van der Waals surface area contributed by atoms with Gasteiger partial charge >= 0.3 is 0 Å². The van der Waals surface area contributed by atoms with Crippen LogP contribution in [0.25, 0.3) is 10.9 Å². The number of aromatic nitrogens is 2. The molecule has 0 atom stereocenters. The first kappa shape index (κ1) is 15.2. The van der Waals surface area contributed by atoms with Gasteiger partial charge in [0.15, 0.2) is 11.5 Å². The smallest absolute Gasteiger partial charge is 0.229 e. The maximum atomic E-state index is 6.04. The number of nitrogens with one attached hydrogen (secondary N) is 1. The summed E-state index contributed by atoms with van der Waals surface area (Å²) in [7, 11) is 3.13. The summed E-state index contributed by atoms with van der Waals surface area (Å²) < 4.78 is 10.6. The fourth-order valence-corrected chi connectivity index (χ4v) is 2.42. The SMILES string of the molecule is COc1cc2nc(Nc3cccc(Cl)c3)nc(N)c2cc1OC. The summed E-state index contributed by atoms with van der Waals surface area (Å²) in [5.74, 6) is 1.88. The minimum Gasteiger partial charge on any atom is -0.493 e. The minimum atomic E-state index is 0.348. The second kappa shape index (κ2) is 6.18. The number of ether oxygens (including phenoxy) is 2. The van der Waals surface area contributed by atoms with Crippen molar-refractivity contribution in [2.45, 2.75) is 0 Å². The fraction of sp³-hybridized carbons (Fsp3) is 0.125. The molecule has 0 unspecified atom stereocenters. The maximum absolute atomic E-state index is 6.04. The second-order valence-electron chi connectivity index (χ2n) is 4.79. The molecule has 3 rings (SSSR count). The molecule has 118 valence electrons. The standard InChI is InChI=1S/C16H15ClN4O2/c1-22-13-7-11-12(8-14(13)23-2)20-16(21-15(11)18)19-10-5-3-4-9(17)6-10/h3-8H,1-2H3,(H3,18,19,20,21). The Kier molecular flexibility index (Phi) is 4.08. The van der Waals surface area contributed by atoms with Crippen LogP contribution in [0.2, 0.25) is 5.02 Å². The van der Waals surface area contributed by atoms with E-state index in [1.807, 2.05) is 12.1 Å². The lowest BCUT2D eigenvalue weighted by molar-refractivity contribution is 0.356. The van der Waals surface area contributed by atoms with Crippen LogP contribution in [0.15, 0.2) is 36.4 Å². The highest BCUT2D eigenvalue weighted by atomic mass is 35.5. The average molecular weight is 331 g/mol. The molecule has 3 aromatic rings. The quantitative estimate of drug-likeness (QED) is 0.760. The molecule has 0 fully saturated rings. The van der Waals surface area contributed by atoms with Crippen molar-refractivity contribution in [3.8, 4) is 11.5 Å². The van der Waals surface area contributed by atoms with Gasteiger partial charge in [-0.05, 0) is 24.3 Å². The molecule has 0 spiro atoms. The van der Waals surface area contributed by atoms with Gasteiger partial charge in [0.1, 0.15) is 5.82 Å². The normalized spacial score (nSPS) is 10.6. The summed E-state index contributed by atoms with van der Waals surface area (Å²) in [6.45, 7) is 0. The molecule has 0 saturated heterocycles. The van der Waals surface area contributed by atoms with Gasteiger partial charge in [0.25, 0.3) is 0 Å². The topological polar surface area (TPSA) is 82.3 Å². The summed E-state index contributed by atoms with van der Waals surface area (Å²) in [6.07, 6.45) is 0. The number of methoxy groups -OCH3 is 2. The van der Waals surface area contributed by atoms with Crippen LogP contribution in [-0.4, -0.2) is 24.2 Å². The molecule has 0 aliphatic rings. The maximum Gasteiger partial charge on any atom is 0.229 e. The Balaban J connectivity index is 2.06. The van der Waals surface area contributed by atoms with Gasteiger partial charge in [-0.25, -0.2) is 4.98 Å². The molecular weight excluding hydrogens is 316 g/mol. The van der Waals surface area contributed by atoms with Crippen LogP contribution in [0.4, 0.5) is 17.5 Å². The van der Waals surface area contributed by atoms with Gasteiger partial charge in [-0.2, -0.15) is 4.98 Å². The zero-order chi connectivity index (χ0) is 16.4. The van der Waals surface area contributed by atoms with Crippen molar-refractivity contribution in [3.05, 3.63) is 41.4 Å². The molecule has 2 aromatic carbocycles. The van der Waals surface area contributed by atoms with Crippen molar-refractivity contribution in [2.75, 3.05) is 25.3 Å². The summed E-state index contributed by atoms with van der Waals surface area (Å²) in [6, 6.07) is 10.8. The van der Waals surface area contributed by atoms with Crippen LogP contribution in [0.3, 0.4) is 0 Å². The molecule has 0 radical (unpaired) electrons. The minimum absolute atomic E-state index is 0.348. The van der Waals surface area contributed by atoms with Gasteiger partial charge in [0.2, 0.25) is 5.95 Å². The van der Waals surface area contributed by atoms with E-state index in [1.165, 1.54) is 0 Å². The summed E-state index contributed by atoms with van der Waals surface area (Å²) in [4.78, 5) is 8.74. The third-order valence-corrected chi connectivity index (χ3v) is 3.55. The fourth-order valence-electron chi connectivity index (χ4n) is 2.23. The molecule has 1 aromatic heterocycles. The van der Waals surface area contributed by atoms with Crippen LogP contribution in [0, 0.1) is 0 Å². The highest BCUT2D eigenvalue weighted by Crippen LogP contribution is 2.34. The lowest BCUT2D eigenvalue weighted by Gasteiger charge is -2.11. The molecule has 0 aliphatic heterocycles. The average Bonchev–Trinajstić information content (AvgIpc) is 2.53. The van der Waals surface area contributed by atoms with Crippen LogP contribution in [-0.2, 0) is 0 Å². The predicted molar refractivity (Wildman–Crippen MR) is 91.8 cm³/mol. The summed E-state index contributed by atoms with van der Waals surface area (Å²) in [5, 5.41) is 4.40. The number of hydrogen-bond donors (Lipinski definition) is 2. The van der Waals surface area contributed by atoms with E-state index < -0.39 is 0 Å². The zero-order valence-corrected chi connectivity index (χ0v) is 13.4. The molecule has 0 amide bonds. The van der Waals surface area contributed by atoms with Crippen molar-refractivity contribution in [3.63, 3.8) is 0 Å². The molecule has 3 N–H and O–H groups in total. The number of benzene rings is 2. The van der Waals surface area contributed by atoms with Crippen LogP contribution in [0.1, 0.15) is 0 Å². The number of rotatable bonds is 4. The number of hydrogen-bond acceptors (Lipinski definition) is 6. The van der Waals surface area contributed by atoms with Gasteiger partial charge in [0, 0.05) is 22.2 Å². The zero-order valence-electron chi connectivity index (χ0n) is 12.6. The first-order chi connectivity index (χ1) is 11.1. The van der Waals surface area contributed by atoms with E-state index in [9.17, 15) is 0 Å². The van der Waals surface area contributed by atoms with Gasteiger partial charge < -0.3 is 20.5 Å². The molecule has 6 nitrogen and oxygen atoms in total. The Morgan fingerprint density at radius 2 is 1.78 bits per heavy atom. The van der Waals surface area contributed by atoms with Gasteiger partial charge in [0.05, 0.1) is 19.7 Å². The van der Waals surface area contributed by atoms with Gasteiger partial charge in [-0.15, -0.1) is 0 Å². The first-order valence-electron chi connectivity index (χ1n) is 6.82. The summed E-state index contributed by atoms with van der Waals surface area (Å²) in [5.41, 5.74) is 7.47. The third kappa shape index (κ3) is 3.07. The first-order valence-corrected chi connectivity index (χ1v) is 7.20. The number of fused-ring (bicyclic) bond motifs is 1. The molecule has 23 heavy (non-hydrogen) atoms. The highest BCUT2D eigenvalue weighted by Gasteiger charge is 2.11. The Hall–Kier alpha value is -2.73. The van der Waals surface area contributed by atoms with E-state index in [-0.39, 0.29) is 0 Å². The predicted octanol–water partition coefficient (Wildman–Crippen LogP) is 3.63. The Morgan fingerprint density at radius 1 is 1.04 bits per heavy atom. The van der Waals surface area contributed by atoms with Crippen LogP contribution >= 0.6 is 11.6 Å². The molecule has 0 aliphatic carbocycles. The molecule has 1 heterocycles. The van der Waals surface area contributed by atoms with Crippen LogP contribution < -0.4 is 20.5 Å². The van der Waals surface area contributed by atoms with E-state index in [0.717, 1.165) is 5.69 Å². The molecule has 0 bridgehead atoms. The van der Waals surface area contributed by atoms with Crippen molar-refractivity contribution in [1.82, 2.24) is 9.97 Å². The monoisotopic (exact) mass is 330 g/mol. The Bertz CT molecular complexity index is 870. The lowest BCUT2D eigenvalue weighted by atomic mass is 10.2. The Labute approximate surface area is 138 Å². The Morgan fingerprint density at radius 3 is 2.48 bits per heavy atom. The van der Waals surface area contributed by atoms with Gasteiger partial charge in [-0.1, -0.05) is 17.7 Å². The largest absolute Gasteiger partial charge is 0.493 e.